The Balaban J connectivity index is 2.06. The summed E-state index contributed by atoms with van der Waals surface area (Å²) in [4.78, 5) is 20.5. The third kappa shape index (κ3) is 4.51. The van der Waals surface area contributed by atoms with E-state index >= 15 is 0 Å². The van der Waals surface area contributed by atoms with Crippen LogP contribution in [0.4, 0.5) is 17.3 Å². The number of benzene rings is 1. The quantitative estimate of drug-likeness (QED) is 0.572. The summed E-state index contributed by atoms with van der Waals surface area (Å²) in [5, 5.41) is 3.48. The molecule has 0 saturated carbocycles. The van der Waals surface area contributed by atoms with Crippen LogP contribution in [0.3, 0.4) is 0 Å². The van der Waals surface area contributed by atoms with E-state index in [0.717, 1.165) is 0 Å². The lowest BCUT2D eigenvalue weighted by Gasteiger charge is -2.14. The van der Waals surface area contributed by atoms with Crippen LogP contribution in [0, 0.1) is 0 Å². The maximum atomic E-state index is 12.3. The van der Waals surface area contributed by atoms with E-state index in [4.69, 9.17) is 23.1 Å². The van der Waals surface area contributed by atoms with E-state index in [9.17, 15) is 4.79 Å². The minimum Gasteiger partial charge on any atom is -0.383 e. The van der Waals surface area contributed by atoms with Crippen molar-refractivity contribution >= 4 is 46.6 Å². The molecule has 0 bridgehead atoms. The summed E-state index contributed by atoms with van der Waals surface area (Å²) < 4.78 is 0. The summed E-state index contributed by atoms with van der Waals surface area (Å²) in [7, 11) is 0. The number of rotatable bonds is 5. The summed E-state index contributed by atoms with van der Waals surface area (Å²) in [6.07, 6.45) is 0.613. The van der Waals surface area contributed by atoms with Gasteiger partial charge in [-0.1, -0.05) is 30.3 Å². The highest BCUT2D eigenvalue weighted by Gasteiger charge is 2.20. The minimum absolute atomic E-state index is 0.139. The molecular weight excluding hydrogens is 322 g/mol. The molecule has 0 fully saturated rings. The second-order valence-electron chi connectivity index (χ2n) is 4.51. The third-order valence-electron chi connectivity index (χ3n) is 2.77. The van der Waals surface area contributed by atoms with Crippen LogP contribution in [0.15, 0.2) is 35.5 Å². The summed E-state index contributed by atoms with van der Waals surface area (Å²) in [5.74, 6) is 0.422. The van der Waals surface area contributed by atoms with Crippen LogP contribution < -0.4 is 16.8 Å². The van der Waals surface area contributed by atoms with Crippen molar-refractivity contribution in [2.24, 2.45) is 0 Å². The first-order valence-corrected chi connectivity index (χ1v) is 7.87. The number of thioether (sulfide) groups is 1. The number of amides is 1. The zero-order chi connectivity index (χ0) is 16.1. The predicted octanol–water partition coefficient (Wildman–Crippen LogP) is 2.80. The lowest BCUT2D eigenvalue weighted by molar-refractivity contribution is -0.115. The van der Waals surface area contributed by atoms with Gasteiger partial charge in [0.25, 0.3) is 0 Å². The average Bonchev–Trinajstić information content (AvgIpc) is 2.46. The molecular formula is C14H16ClN5OS. The zero-order valence-corrected chi connectivity index (χ0v) is 13.5. The van der Waals surface area contributed by atoms with Gasteiger partial charge in [0.1, 0.15) is 11.6 Å². The van der Waals surface area contributed by atoms with Gasteiger partial charge < -0.3 is 16.8 Å². The van der Waals surface area contributed by atoms with Crippen LogP contribution in [0.2, 0.25) is 5.02 Å². The molecule has 1 heterocycles. The summed E-state index contributed by atoms with van der Waals surface area (Å²) in [6.45, 7) is 1.91. The van der Waals surface area contributed by atoms with E-state index in [1.807, 2.05) is 6.92 Å². The molecule has 0 unspecified atom stereocenters. The molecule has 0 aliphatic heterocycles. The van der Waals surface area contributed by atoms with Crippen molar-refractivity contribution in [2.45, 2.75) is 23.8 Å². The van der Waals surface area contributed by atoms with Crippen LogP contribution in [-0.4, -0.2) is 21.1 Å². The van der Waals surface area contributed by atoms with Gasteiger partial charge in [0, 0.05) is 16.8 Å². The zero-order valence-electron chi connectivity index (χ0n) is 11.9. The highest BCUT2D eigenvalue weighted by molar-refractivity contribution is 8.00. The Hall–Kier alpha value is -1.99. The Bertz CT molecular complexity index is 645. The topological polar surface area (TPSA) is 107 Å². The van der Waals surface area contributed by atoms with Crippen molar-refractivity contribution in [3.05, 3.63) is 35.4 Å². The maximum Gasteiger partial charge on any atom is 0.237 e. The number of hydrogen-bond acceptors (Lipinski definition) is 6. The van der Waals surface area contributed by atoms with E-state index in [2.05, 4.69) is 15.3 Å². The van der Waals surface area contributed by atoms with Crippen molar-refractivity contribution in [1.29, 1.82) is 0 Å². The van der Waals surface area contributed by atoms with Gasteiger partial charge >= 0.3 is 0 Å². The first kappa shape index (κ1) is 16.4. The lowest BCUT2D eigenvalue weighted by Crippen LogP contribution is -2.24. The standard InChI is InChI=1S/C14H16ClN5OS/c1-2-10(22-14-19-11(16)7-12(17)20-14)13(21)18-9-5-3-8(15)4-6-9/h3-7,10H,2H2,1H3,(H,18,21)(H4,16,17,19,20)/t10-/m0/s1. The van der Waals surface area contributed by atoms with Crippen molar-refractivity contribution in [2.75, 3.05) is 16.8 Å². The predicted molar refractivity (Wildman–Crippen MR) is 90.9 cm³/mol. The largest absolute Gasteiger partial charge is 0.383 e. The Kier molecular flexibility index (Phi) is 5.46. The number of halogens is 1. The van der Waals surface area contributed by atoms with Gasteiger partial charge in [0.2, 0.25) is 5.91 Å². The summed E-state index contributed by atoms with van der Waals surface area (Å²) >= 11 is 7.05. The molecule has 1 aromatic heterocycles. The Morgan fingerprint density at radius 3 is 2.41 bits per heavy atom. The number of anilines is 3. The lowest BCUT2D eigenvalue weighted by atomic mass is 10.3. The second-order valence-corrected chi connectivity index (χ2v) is 6.12. The van der Waals surface area contributed by atoms with Crippen LogP contribution in [-0.2, 0) is 4.79 Å². The Morgan fingerprint density at radius 1 is 1.27 bits per heavy atom. The van der Waals surface area contributed by atoms with Crippen molar-refractivity contribution in [3.63, 3.8) is 0 Å². The molecule has 0 aliphatic carbocycles. The number of nitrogens with one attached hydrogen (secondary N) is 1. The van der Waals surface area contributed by atoms with Gasteiger partial charge in [0.05, 0.1) is 5.25 Å². The SMILES string of the molecule is CC[C@H](Sc1nc(N)cc(N)n1)C(=O)Nc1ccc(Cl)cc1. The minimum atomic E-state index is -0.350. The maximum absolute atomic E-state index is 12.3. The highest BCUT2D eigenvalue weighted by Crippen LogP contribution is 2.25. The van der Waals surface area contributed by atoms with Gasteiger partial charge in [-0.3, -0.25) is 4.79 Å². The van der Waals surface area contributed by atoms with Gasteiger partial charge in [-0.25, -0.2) is 9.97 Å². The van der Waals surface area contributed by atoms with Crippen LogP contribution in [0.25, 0.3) is 0 Å². The number of nitrogens with zero attached hydrogens (tertiary/aromatic N) is 2. The van der Waals surface area contributed by atoms with E-state index < -0.39 is 0 Å². The Morgan fingerprint density at radius 2 is 1.86 bits per heavy atom. The third-order valence-corrected chi connectivity index (χ3v) is 4.25. The fourth-order valence-corrected chi connectivity index (χ4v) is 2.75. The van der Waals surface area contributed by atoms with E-state index in [0.29, 0.717) is 22.3 Å². The van der Waals surface area contributed by atoms with Gasteiger partial charge in [-0.15, -0.1) is 0 Å². The molecule has 1 amide bonds. The molecule has 5 N–H and O–H groups in total. The average molecular weight is 338 g/mol. The fourth-order valence-electron chi connectivity index (χ4n) is 1.72. The van der Waals surface area contributed by atoms with E-state index in [1.54, 1.807) is 24.3 Å². The van der Waals surface area contributed by atoms with Crippen molar-refractivity contribution < 1.29 is 4.79 Å². The molecule has 8 heteroatoms. The summed E-state index contributed by atoms with van der Waals surface area (Å²) in [5.41, 5.74) is 11.9. The second kappa shape index (κ2) is 7.33. The highest BCUT2D eigenvalue weighted by atomic mass is 35.5. The van der Waals surface area contributed by atoms with Gasteiger partial charge in [-0.05, 0) is 30.7 Å². The molecule has 116 valence electrons. The smallest absolute Gasteiger partial charge is 0.237 e. The number of nitrogens with two attached hydrogens (primary N) is 2. The number of hydrogen-bond donors (Lipinski definition) is 3. The molecule has 0 spiro atoms. The van der Waals surface area contributed by atoms with Gasteiger partial charge in [-0.2, -0.15) is 0 Å². The van der Waals surface area contributed by atoms with E-state index in [1.165, 1.54) is 17.8 Å². The molecule has 0 radical (unpaired) electrons. The molecule has 22 heavy (non-hydrogen) atoms. The number of carbonyl (C=O) groups excluding carboxylic acids is 1. The molecule has 1 atom stereocenters. The van der Waals surface area contributed by atoms with Crippen molar-refractivity contribution in [1.82, 2.24) is 9.97 Å². The van der Waals surface area contributed by atoms with Gasteiger partial charge in [0.15, 0.2) is 5.16 Å². The molecule has 6 nitrogen and oxygen atoms in total. The van der Waals surface area contributed by atoms with E-state index in [-0.39, 0.29) is 22.8 Å². The summed E-state index contributed by atoms with van der Waals surface area (Å²) in [6, 6.07) is 8.39. The van der Waals surface area contributed by atoms with Crippen LogP contribution >= 0.6 is 23.4 Å². The first-order valence-electron chi connectivity index (χ1n) is 6.61. The molecule has 2 aromatic rings. The molecule has 0 saturated heterocycles. The fraction of sp³-hybridized carbons (Fsp3) is 0.214. The van der Waals surface area contributed by atoms with Crippen LogP contribution in [0.5, 0.6) is 0 Å². The normalized spacial score (nSPS) is 11.9. The first-order chi connectivity index (χ1) is 10.5. The van der Waals surface area contributed by atoms with Crippen molar-refractivity contribution in [3.8, 4) is 0 Å². The molecule has 0 aliphatic rings. The molecule has 1 aromatic carbocycles. The van der Waals surface area contributed by atoms with Crippen LogP contribution in [0.1, 0.15) is 13.3 Å². The number of aromatic nitrogens is 2. The Labute approximate surface area is 137 Å². The molecule has 2 rings (SSSR count). The number of carbonyl (C=O) groups is 1. The number of nitrogen functional groups attached to an aromatic ring is 2. The monoisotopic (exact) mass is 337 g/mol.